The van der Waals surface area contributed by atoms with Gasteiger partial charge in [0.05, 0.1) is 25.9 Å². The normalized spacial score (nSPS) is 27.8. The van der Waals surface area contributed by atoms with Crippen LogP contribution in [0.4, 0.5) is 0 Å². The van der Waals surface area contributed by atoms with E-state index in [4.69, 9.17) is 14.2 Å². The first-order valence-corrected chi connectivity index (χ1v) is 8.56. The van der Waals surface area contributed by atoms with Gasteiger partial charge in [-0.25, -0.2) is 0 Å². The second kappa shape index (κ2) is 7.35. The van der Waals surface area contributed by atoms with Crippen molar-refractivity contribution >= 4 is 5.91 Å². The zero-order valence-electron chi connectivity index (χ0n) is 13.8. The van der Waals surface area contributed by atoms with Crippen LogP contribution in [0.3, 0.4) is 0 Å². The van der Waals surface area contributed by atoms with Crippen molar-refractivity contribution in [1.82, 2.24) is 5.32 Å². The highest BCUT2D eigenvalue weighted by atomic mass is 16.6. The molecule has 2 aliphatic rings. The van der Waals surface area contributed by atoms with E-state index < -0.39 is 0 Å². The predicted octanol–water partition coefficient (Wildman–Crippen LogP) is 2.17. The van der Waals surface area contributed by atoms with Gasteiger partial charge in [0, 0.05) is 5.56 Å². The molecule has 2 aromatic rings. The quantitative estimate of drug-likeness (QED) is 0.907. The number of carbonyl (C=O) groups excluding carboxylic acids is 1. The monoisotopic (exact) mass is 339 g/mol. The smallest absolute Gasteiger partial charge is 0.251 e. The summed E-state index contributed by atoms with van der Waals surface area (Å²) < 4.78 is 17.7. The Bertz CT molecular complexity index is 706. The number of hydrogen-bond donors (Lipinski definition) is 1. The number of benzene rings is 2. The summed E-state index contributed by atoms with van der Waals surface area (Å²) in [6.45, 7) is 1.46. The Morgan fingerprint density at radius 2 is 1.64 bits per heavy atom. The molecule has 25 heavy (non-hydrogen) atoms. The van der Waals surface area contributed by atoms with Crippen LogP contribution in [0.1, 0.15) is 15.9 Å². The number of carbonyl (C=O) groups is 1. The lowest BCUT2D eigenvalue weighted by molar-refractivity contribution is -0.0392. The van der Waals surface area contributed by atoms with Crippen molar-refractivity contribution in [2.75, 3.05) is 13.2 Å². The average molecular weight is 339 g/mol. The molecule has 130 valence electrons. The van der Waals surface area contributed by atoms with E-state index in [-0.39, 0.29) is 30.3 Å². The fourth-order valence-corrected chi connectivity index (χ4v) is 3.35. The second-order valence-electron chi connectivity index (χ2n) is 6.38. The Labute approximate surface area is 146 Å². The van der Waals surface area contributed by atoms with Gasteiger partial charge in [0.2, 0.25) is 0 Å². The third-order valence-corrected chi connectivity index (χ3v) is 4.67. The molecule has 0 aliphatic carbocycles. The van der Waals surface area contributed by atoms with Crippen molar-refractivity contribution < 1.29 is 19.0 Å². The van der Waals surface area contributed by atoms with Gasteiger partial charge in [-0.15, -0.1) is 0 Å². The molecule has 5 nitrogen and oxygen atoms in total. The third-order valence-electron chi connectivity index (χ3n) is 4.67. The molecule has 2 saturated heterocycles. The molecular formula is C20H21NO4. The molecule has 2 heterocycles. The molecule has 2 aliphatic heterocycles. The van der Waals surface area contributed by atoms with Gasteiger partial charge >= 0.3 is 0 Å². The van der Waals surface area contributed by atoms with Crippen molar-refractivity contribution in [3.05, 3.63) is 71.8 Å². The first kappa shape index (κ1) is 16.3. The molecule has 4 atom stereocenters. The third kappa shape index (κ3) is 3.58. The van der Waals surface area contributed by atoms with E-state index in [2.05, 4.69) is 5.32 Å². The molecule has 4 unspecified atom stereocenters. The van der Waals surface area contributed by atoms with E-state index in [0.717, 1.165) is 5.56 Å². The second-order valence-corrected chi connectivity index (χ2v) is 6.38. The van der Waals surface area contributed by atoms with Crippen molar-refractivity contribution in [1.29, 1.82) is 0 Å². The van der Waals surface area contributed by atoms with Crippen LogP contribution in [-0.2, 0) is 20.8 Å². The van der Waals surface area contributed by atoms with E-state index in [1.807, 2.05) is 48.5 Å². The fourth-order valence-electron chi connectivity index (χ4n) is 3.35. The largest absolute Gasteiger partial charge is 0.370 e. The summed E-state index contributed by atoms with van der Waals surface area (Å²) in [7, 11) is 0. The summed E-state index contributed by atoms with van der Waals surface area (Å²) in [4.78, 5) is 12.3. The molecular weight excluding hydrogens is 318 g/mol. The minimum absolute atomic E-state index is 0.105. The van der Waals surface area contributed by atoms with Crippen LogP contribution in [0.2, 0.25) is 0 Å². The van der Waals surface area contributed by atoms with Gasteiger partial charge in [-0.05, 0) is 17.7 Å². The highest BCUT2D eigenvalue weighted by Crippen LogP contribution is 2.29. The van der Waals surface area contributed by atoms with Gasteiger partial charge in [0.15, 0.2) is 0 Å². The lowest BCUT2D eigenvalue weighted by Gasteiger charge is -2.18. The molecule has 1 amide bonds. The van der Waals surface area contributed by atoms with Crippen LogP contribution in [0.5, 0.6) is 0 Å². The van der Waals surface area contributed by atoms with Crippen LogP contribution in [-0.4, -0.2) is 43.5 Å². The van der Waals surface area contributed by atoms with Crippen molar-refractivity contribution in [2.45, 2.75) is 31.0 Å². The Balaban J connectivity index is 1.33. The number of ether oxygens (including phenoxy) is 3. The minimum atomic E-state index is -0.159. The Morgan fingerprint density at radius 1 is 0.960 bits per heavy atom. The lowest BCUT2D eigenvalue weighted by atomic mass is 10.1. The van der Waals surface area contributed by atoms with Gasteiger partial charge in [-0.1, -0.05) is 48.5 Å². The maximum Gasteiger partial charge on any atom is 0.251 e. The standard InChI is InChI=1S/C20H21NO4/c22-20(15-9-5-2-6-10-15)21-16-12-24-19-17(13-25-18(16)19)23-11-14-7-3-1-4-8-14/h1-10,16-19H,11-13H2,(H,21,22). The SMILES string of the molecule is O=C(NC1COC2C(OCc3ccccc3)COC12)c1ccccc1. The summed E-state index contributed by atoms with van der Waals surface area (Å²) in [5.41, 5.74) is 1.76. The summed E-state index contributed by atoms with van der Waals surface area (Å²) in [5, 5.41) is 3.02. The molecule has 0 aromatic heterocycles. The van der Waals surface area contributed by atoms with E-state index in [9.17, 15) is 4.79 Å². The van der Waals surface area contributed by atoms with Crippen molar-refractivity contribution in [2.24, 2.45) is 0 Å². The van der Waals surface area contributed by atoms with Gasteiger partial charge in [-0.3, -0.25) is 4.79 Å². The van der Waals surface area contributed by atoms with Crippen LogP contribution >= 0.6 is 0 Å². The molecule has 4 rings (SSSR count). The van der Waals surface area contributed by atoms with E-state index >= 15 is 0 Å². The van der Waals surface area contributed by atoms with Gasteiger partial charge in [0.1, 0.15) is 18.3 Å². The van der Waals surface area contributed by atoms with Crippen LogP contribution in [0.25, 0.3) is 0 Å². The molecule has 1 N–H and O–H groups in total. The summed E-state index contributed by atoms with van der Waals surface area (Å²) >= 11 is 0. The average Bonchev–Trinajstić information content (AvgIpc) is 3.25. The number of rotatable bonds is 5. The van der Waals surface area contributed by atoms with Crippen LogP contribution < -0.4 is 5.32 Å². The summed E-state index contributed by atoms with van der Waals surface area (Å²) in [6.07, 6.45) is -0.401. The Kier molecular flexibility index (Phi) is 4.78. The summed E-state index contributed by atoms with van der Waals surface area (Å²) in [5.74, 6) is -0.105. The summed E-state index contributed by atoms with van der Waals surface area (Å²) in [6, 6.07) is 19.1. The molecule has 0 bridgehead atoms. The first-order valence-electron chi connectivity index (χ1n) is 8.56. The van der Waals surface area contributed by atoms with Gasteiger partial charge < -0.3 is 19.5 Å². The van der Waals surface area contributed by atoms with E-state index in [0.29, 0.717) is 25.4 Å². The highest BCUT2D eigenvalue weighted by Gasteiger charge is 2.48. The zero-order chi connectivity index (χ0) is 17.1. The molecule has 2 aromatic carbocycles. The maximum absolute atomic E-state index is 12.3. The number of fused-ring (bicyclic) bond motifs is 1. The van der Waals surface area contributed by atoms with E-state index in [1.54, 1.807) is 12.1 Å². The van der Waals surface area contributed by atoms with Gasteiger partial charge in [-0.2, -0.15) is 0 Å². The van der Waals surface area contributed by atoms with E-state index in [1.165, 1.54) is 0 Å². The molecule has 2 fully saturated rings. The van der Waals surface area contributed by atoms with Crippen LogP contribution in [0, 0.1) is 0 Å². The van der Waals surface area contributed by atoms with Crippen molar-refractivity contribution in [3.8, 4) is 0 Å². The molecule has 0 spiro atoms. The molecule has 5 heteroatoms. The molecule has 0 radical (unpaired) electrons. The Morgan fingerprint density at radius 3 is 2.40 bits per heavy atom. The zero-order valence-corrected chi connectivity index (χ0v) is 13.8. The highest BCUT2D eigenvalue weighted by molar-refractivity contribution is 5.94. The lowest BCUT2D eigenvalue weighted by Crippen LogP contribution is -2.44. The number of amides is 1. The van der Waals surface area contributed by atoms with Crippen LogP contribution in [0.15, 0.2) is 60.7 Å². The topological polar surface area (TPSA) is 56.8 Å². The molecule has 0 saturated carbocycles. The minimum Gasteiger partial charge on any atom is -0.370 e. The Hall–Kier alpha value is -2.21. The van der Waals surface area contributed by atoms with Gasteiger partial charge in [0.25, 0.3) is 5.91 Å². The predicted molar refractivity (Wildman–Crippen MR) is 92.2 cm³/mol. The number of hydrogen-bond acceptors (Lipinski definition) is 4. The maximum atomic E-state index is 12.3. The van der Waals surface area contributed by atoms with Crippen molar-refractivity contribution in [3.63, 3.8) is 0 Å². The fraction of sp³-hybridized carbons (Fsp3) is 0.350. The number of nitrogens with one attached hydrogen (secondary N) is 1. The first-order chi connectivity index (χ1) is 12.3.